The fourth-order valence-corrected chi connectivity index (χ4v) is 2.80. The zero-order chi connectivity index (χ0) is 16.9. The molecule has 0 aliphatic carbocycles. The molecule has 124 valence electrons. The number of ether oxygens (including phenoxy) is 2. The minimum atomic E-state index is 0.327. The van der Waals surface area contributed by atoms with Gasteiger partial charge in [0.1, 0.15) is 0 Å². The first-order valence-electron chi connectivity index (χ1n) is 8.10. The van der Waals surface area contributed by atoms with Crippen LogP contribution >= 0.6 is 0 Å². The van der Waals surface area contributed by atoms with Crippen LogP contribution in [0.4, 0.5) is 0 Å². The molecule has 0 saturated carbocycles. The van der Waals surface area contributed by atoms with E-state index in [9.17, 15) is 0 Å². The molecule has 0 atom stereocenters. The van der Waals surface area contributed by atoms with E-state index in [1.165, 1.54) is 5.56 Å². The summed E-state index contributed by atoms with van der Waals surface area (Å²) in [4.78, 5) is 4.85. The Morgan fingerprint density at radius 2 is 1.36 bits per heavy atom. The van der Waals surface area contributed by atoms with Crippen molar-refractivity contribution in [2.75, 3.05) is 14.2 Å². The van der Waals surface area contributed by atoms with Gasteiger partial charge in [0.05, 0.1) is 20.3 Å². The molecule has 3 nitrogen and oxygen atoms in total. The average Bonchev–Trinajstić information content (AvgIpc) is 2.45. The second-order valence-corrected chi connectivity index (χ2v) is 6.75. The van der Waals surface area contributed by atoms with Gasteiger partial charge < -0.3 is 9.47 Å². The molecule has 22 heavy (non-hydrogen) atoms. The van der Waals surface area contributed by atoms with E-state index in [1.54, 1.807) is 14.2 Å². The smallest absolute Gasteiger partial charge is 0.161 e. The number of methoxy groups -OCH3 is 2. The van der Waals surface area contributed by atoms with Gasteiger partial charge >= 0.3 is 0 Å². The maximum absolute atomic E-state index is 5.43. The van der Waals surface area contributed by atoms with Gasteiger partial charge in [0, 0.05) is 6.21 Å². The van der Waals surface area contributed by atoms with Gasteiger partial charge in [0.15, 0.2) is 11.5 Å². The van der Waals surface area contributed by atoms with Gasteiger partial charge in [-0.3, -0.25) is 4.99 Å². The van der Waals surface area contributed by atoms with Crippen molar-refractivity contribution >= 4 is 6.21 Å². The Morgan fingerprint density at radius 3 is 1.77 bits per heavy atom. The number of hydrogen-bond donors (Lipinski definition) is 0. The van der Waals surface area contributed by atoms with E-state index in [-0.39, 0.29) is 0 Å². The average molecular weight is 305 g/mol. The molecule has 0 aliphatic heterocycles. The standard InChI is InChI=1S/C19H31NO2/c1-12(2)16-10-18(22-8)17(21-7)9-15(16)11-20-19(13(3)4)14(5)6/h9-14,19H,1-8H3. The van der Waals surface area contributed by atoms with Crippen LogP contribution in [-0.2, 0) is 0 Å². The van der Waals surface area contributed by atoms with E-state index < -0.39 is 0 Å². The van der Waals surface area contributed by atoms with Gasteiger partial charge in [0.2, 0.25) is 0 Å². The number of nitrogens with zero attached hydrogens (tertiary/aromatic N) is 1. The largest absolute Gasteiger partial charge is 0.493 e. The fraction of sp³-hybridized carbons (Fsp3) is 0.632. The normalized spacial score (nSPS) is 12.2. The highest BCUT2D eigenvalue weighted by Gasteiger charge is 2.17. The lowest BCUT2D eigenvalue weighted by Crippen LogP contribution is -2.20. The summed E-state index contributed by atoms with van der Waals surface area (Å²) in [5.41, 5.74) is 2.34. The molecule has 0 radical (unpaired) electrons. The summed E-state index contributed by atoms with van der Waals surface area (Å²) in [5, 5.41) is 0. The molecular formula is C19H31NO2. The molecule has 0 unspecified atom stereocenters. The summed E-state index contributed by atoms with van der Waals surface area (Å²) in [7, 11) is 3.34. The second kappa shape index (κ2) is 8.21. The lowest BCUT2D eigenvalue weighted by Gasteiger charge is -2.21. The van der Waals surface area contributed by atoms with Crippen LogP contribution in [-0.4, -0.2) is 26.5 Å². The molecule has 0 N–H and O–H groups in total. The van der Waals surface area contributed by atoms with Crippen molar-refractivity contribution in [3.63, 3.8) is 0 Å². The minimum absolute atomic E-state index is 0.327. The van der Waals surface area contributed by atoms with E-state index in [2.05, 4.69) is 47.6 Å². The first-order chi connectivity index (χ1) is 10.3. The monoisotopic (exact) mass is 305 g/mol. The van der Waals surface area contributed by atoms with Crippen LogP contribution < -0.4 is 9.47 Å². The van der Waals surface area contributed by atoms with E-state index in [1.807, 2.05) is 12.3 Å². The summed E-state index contributed by atoms with van der Waals surface area (Å²) < 4.78 is 10.8. The Bertz CT molecular complexity index is 496. The number of hydrogen-bond acceptors (Lipinski definition) is 3. The summed E-state index contributed by atoms with van der Waals surface area (Å²) in [5.74, 6) is 2.97. The topological polar surface area (TPSA) is 30.8 Å². The SMILES string of the molecule is COc1cc(C=NC(C(C)C)C(C)C)c(C(C)C)cc1OC. The molecule has 1 aromatic rings. The summed E-state index contributed by atoms with van der Waals surface area (Å²) in [6.45, 7) is 13.3. The molecule has 0 saturated heterocycles. The quantitative estimate of drug-likeness (QED) is 0.669. The molecule has 0 heterocycles. The highest BCUT2D eigenvalue weighted by Crippen LogP contribution is 2.33. The Morgan fingerprint density at radius 1 is 0.864 bits per heavy atom. The van der Waals surface area contributed by atoms with Crippen LogP contribution in [0.2, 0.25) is 0 Å². The highest BCUT2D eigenvalue weighted by atomic mass is 16.5. The van der Waals surface area contributed by atoms with Crippen molar-refractivity contribution in [2.24, 2.45) is 16.8 Å². The van der Waals surface area contributed by atoms with Crippen molar-refractivity contribution in [2.45, 2.75) is 53.5 Å². The summed E-state index contributed by atoms with van der Waals surface area (Å²) >= 11 is 0. The molecule has 0 aromatic heterocycles. The number of aliphatic imine (C=N–C) groups is 1. The van der Waals surface area contributed by atoms with E-state index in [4.69, 9.17) is 14.5 Å². The van der Waals surface area contributed by atoms with Crippen molar-refractivity contribution in [1.82, 2.24) is 0 Å². The zero-order valence-electron chi connectivity index (χ0n) is 15.3. The lowest BCUT2D eigenvalue weighted by molar-refractivity contribution is 0.354. The molecule has 0 spiro atoms. The Kier molecular flexibility index (Phi) is 6.92. The third-order valence-electron chi connectivity index (χ3n) is 3.96. The molecule has 0 aliphatic rings. The highest BCUT2D eigenvalue weighted by molar-refractivity contribution is 5.83. The fourth-order valence-electron chi connectivity index (χ4n) is 2.80. The van der Waals surface area contributed by atoms with Gasteiger partial charge in [-0.2, -0.15) is 0 Å². The zero-order valence-corrected chi connectivity index (χ0v) is 15.3. The van der Waals surface area contributed by atoms with Crippen LogP contribution in [0.1, 0.15) is 58.6 Å². The summed E-state index contributed by atoms with van der Waals surface area (Å²) in [6, 6.07) is 4.41. The summed E-state index contributed by atoms with van der Waals surface area (Å²) in [6.07, 6.45) is 2.00. The Hall–Kier alpha value is -1.51. The molecular weight excluding hydrogens is 274 g/mol. The van der Waals surface area contributed by atoms with Crippen molar-refractivity contribution < 1.29 is 9.47 Å². The van der Waals surface area contributed by atoms with Crippen LogP contribution in [0.15, 0.2) is 17.1 Å². The number of rotatable bonds is 7. The van der Waals surface area contributed by atoms with Crippen molar-refractivity contribution in [3.8, 4) is 11.5 Å². The third-order valence-corrected chi connectivity index (χ3v) is 3.96. The predicted octanol–water partition coefficient (Wildman–Crippen LogP) is 4.93. The van der Waals surface area contributed by atoms with Gasteiger partial charge in [0.25, 0.3) is 0 Å². The van der Waals surface area contributed by atoms with Crippen LogP contribution in [0.3, 0.4) is 0 Å². The van der Waals surface area contributed by atoms with Gasteiger partial charge in [-0.1, -0.05) is 41.5 Å². The molecule has 1 aromatic carbocycles. The van der Waals surface area contributed by atoms with E-state index in [0.29, 0.717) is 23.8 Å². The van der Waals surface area contributed by atoms with E-state index in [0.717, 1.165) is 17.1 Å². The minimum Gasteiger partial charge on any atom is -0.493 e. The Balaban J connectivity index is 3.27. The predicted molar refractivity (Wildman–Crippen MR) is 94.7 cm³/mol. The third kappa shape index (κ3) is 4.49. The molecule has 0 bridgehead atoms. The molecule has 1 rings (SSSR count). The lowest BCUT2D eigenvalue weighted by atomic mass is 9.93. The first-order valence-corrected chi connectivity index (χ1v) is 8.10. The van der Waals surface area contributed by atoms with Crippen LogP contribution in [0.25, 0.3) is 0 Å². The maximum Gasteiger partial charge on any atom is 0.161 e. The van der Waals surface area contributed by atoms with Crippen LogP contribution in [0, 0.1) is 11.8 Å². The van der Waals surface area contributed by atoms with Gasteiger partial charge in [-0.25, -0.2) is 0 Å². The van der Waals surface area contributed by atoms with Gasteiger partial charge in [-0.15, -0.1) is 0 Å². The Labute approximate surface area is 135 Å². The second-order valence-electron chi connectivity index (χ2n) is 6.75. The first kappa shape index (κ1) is 18.5. The van der Waals surface area contributed by atoms with Crippen molar-refractivity contribution in [3.05, 3.63) is 23.3 Å². The van der Waals surface area contributed by atoms with Crippen molar-refractivity contribution in [1.29, 1.82) is 0 Å². The maximum atomic E-state index is 5.43. The number of benzene rings is 1. The van der Waals surface area contributed by atoms with Gasteiger partial charge in [-0.05, 0) is 41.0 Å². The van der Waals surface area contributed by atoms with E-state index >= 15 is 0 Å². The molecule has 0 amide bonds. The molecule has 0 fully saturated rings. The molecule has 3 heteroatoms. The van der Waals surface area contributed by atoms with Crippen LogP contribution in [0.5, 0.6) is 11.5 Å².